The maximum Gasteiger partial charge on any atom is 0.223 e. The maximum atomic E-state index is 5.04. The van der Waals surface area contributed by atoms with E-state index in [1.807, 2.05) is 6.92 Å². The number of likely N-dealkylation sites (tertiary alicyclic amines) is 1. The van der Waals surface area contributed by atoms with Gasteiger partial charge < -0.3 is 9.84 Å². The fraction of sp³-hybridized carbons (Fsp3) is 0.846. The van der Waals surface area contributed by atoms with Crippen molar-refractivity contribution >= 4 is 0 Å². The lowest BCUT2D eigenvalue weighted by Gasteiger charge is -2.45. The molecule has 3 rings (SSSR count). The molecule has 2 aliphatic rings. The molecule has 0 bridgehead atoms. The zero-order chi connectivity index (χ0) is 12.4. The summed E-state index contributed by atoms with van der Waals surface area (Å²) in [6, 6.07) is 0. The number of hydrogen-bond donors (Lipinski definition) is 1. The second kappa shape index (κ2) is 4.97. The summed E-state index contributed by atoms with van der Waals surface area (Å²) in [5, 5.41) is 7.56. The van der Waals surface area contributed by atoms with Crippen molar-refractivity contribution in [3.8, 4) is 0 Å². The van der Waals surface area contributed by atoms with Crippen LogP contribution in [0.2, 0.25) is 0 Å². The Labute approximate surface area is 108 Å². The molecule has 1 N–H and O–H groups in total. The van der Waals surface area contributed by atoms with E-state index in [2.05, 4.69) is 20.4 Å². The summed E-state index contributed by atoms with van der Waals surface area (Å²) < 4.78 is 5.04. The summed E-state index contributed by atoms with van der Waals surface area (Å²) in [7, 11) is 0. The Morgan fingerprint density at radius 3 is 3.00 bits per heavy atom. The summed E-state index contributed by atoms with van der Waals surface area (Å²) in [6.07, 6.45) is 5.33. The molecular weight excluding hydrogens is 228 g/mol. The van der Waals surface area contributed by atoms with Gasteiger partial charge in [-0.3, -0.25) is 4.90 Å². The van der Waals surface area contributed by atoms with E-state index >= 15 is 0 Å². The van der Waals surface area contributed by atoms with Gasteiger partial charge in [-0.2, -0.15) is 4.98 Å². The first-order valence-corrected chi connectivity index (χ1v) is 6.98. The molecule has 2 aliphatic heterocycles. The number of rotatable bonds is 2. The third-order valence-electron chi connectivity index (χ3n) is 4.24. The summed E-state index contributed by atoms with van der Waals surface area (Å²) >= 11 is 0. The molecule has 0 aliphatic carbocycles. The molecule has 1 aromatic rings. The molecule has 1 unspecified atom stereocenters. The van der Waals surface area contributed by atoms with E-state index in [9.17, 15) is 0 Å². The fourth-order valence-electron chi connectivity index (χ4n) is 3.43. The van der Waals surface area contributed by atoms with Gasteiger partial charge >= 0.3 is 0 Å². The molecule has 18 heavy (non-hydrogen) atoms. The smallest absolute Gasteiger partial charge is 0.223 e. The highest BCUT2D eigenvalue weighted by Gasteiger charge is 2.36. The predicted octanol–water partition coefficient (Wildman–Crippen LogP) is 1.34. The summed E-state index contributed by atoms with van der Waals surface area (Å²) in [5.41, 5.74) is 0.495. The number of hydrogen-bond acceptors (Lipinski definition) is 5. The van der Waals surface area contributed by atoms with Crippen molar-refractivity contribution in [3.05, 3.63) is 11.7 Å². The zero-order valence-electron chi connectivity index (χ0n) is 11.1. The third-order valence-corrected chi connectivity index (χ3v) is 4.24. The topological polar surface area (TPSA) is 54.2 Å². The standard InChI is InChI=1S/C13H22N4O/c1-11-15-12(16-18-11)8-17-7-3-5-13(10-17)4-2-6-14-9-13/h14H,2-10H2,1H3. The predicted molar refractivity (Wildman–Crippen MR) is 68.1 cm³/mol. The average Bonchev–Trinajstić information content (AvgIpc) is 2.76. The number of nitrogens with zero attached hydrogens (tertiary/aromatic N) is 3. The van der Waals surface area contributed by atoms with Gasteiger partial charge in [0.25, 0.3) is 0 Å². The van der Waals surface area contributed by atoms with E-state index in [0.717, 1.165) is 18.9 Å². The van der Waals surface area contributed by atoms with Gasteiger partial charge in [0.05, 0.1) is 6.54 Å². The van der Waals surface area contributed by atoms with Gasteiger partial charge in [0, 0.05) is 20.0 Å². The zero-order valence-corrected chi connectivity index (χ0v) is 11.1. The van der Waals surface area contributed by atoms with E-state index in [-0.39, 0.29) is 0 Å². The van der Waals surface area contributed by atoms with Crippen LogP contribution in [-0.2, 0) is 6.54 Å². The Morgan fingerprint density at radius 1 is 1.39 bits per heavy atom. The van der Waals surface area contributed by atoms with Crippen molar-refractivity contribution in [1.82, 2.24) is 20.4 Å². The van der Waals surface area contributed by atoms with Gasteiger partial charge in [0.15, 0.2) is 5.82 Å². The molecule has 0 radical (unpaired) electrons. The van der Waals surface area contributed by atoms with Crippen LogP contribution in [0, 0.1) is 12.3 Å². The number of nitrogens with one attached hydrogen (secondary N) is 1. The molecule has 5 heteroatoms. The Morgan fingerprint density at radius 2 is 2.28 bits per heavy atom. The molecule has 1 atom stereocenters. The third kappa shape index (κ3) is 2.57. The highest BCUT2D eigenvalue weighted by Crippen LogP contribution is 2.36. The van der Waals surface area contributed by atoms with Crippen LogP contribution in [0.3, 0.4) is 0 Å². The lowest BCUT2D eigenvalue weighted by molar-refractivity contribution is 0.0581. The number of aromatic nitrogens is 2. The molecule has 2 fully saturated rings. The first kappa shape index (κ1) is 12.1. The second-order valence-corrected chi connectivity index (χ2v) is 5.82. The minimum absolute atomic E-state index is 0.495. The van der Waals surface area contributed by atoms with Crippen molar-refractivity contribution < 1.29 is 4.52 Å². The highest BCUT2D eigenvalue weighted by molar-refractivity contribution is 4.93. The van der Waals surface area contributed by atoms with E-state index < -0.39 is 0 Å². The molecule has 100 valence electrons. The summed E-state index contributed by atoms with van der Waals surface area (Å²) in [6.45, 7) is 7.38. The molecule has 1 spiro atoms. The van der Waals surface area contributed by atoms with Crippen LogP contribution in [0.5, 0.6) is 0 Å². The van der Waals surface area contributed by atoms with Crippen LogP contribution in [0.4, 0.5) is 0 Å². The fourth-order valence-corrected chi connectivity index (χ4v) is 3.43. The van der Waals surface area contributed by atoms with E-state index in [1.54, 1.807) is 0 Å². The molecule has 1 aromatic heterocycles. The van der Waals surface area contributed by atoms with Crippen LogP contribution in [0.25, 0.3) is 0 Å². The number of aryl methyl sites for hydroxylation is 1. The van der Waals surface area contributed by atoms with E-state index in [4.69, 9.17) is 4.52 Å². The van der Waals surface area contributed by atoms with Gasteiger partial charge in [0.2, 0.25) is 5.89 Å². The van der Waals surface area contributed by atoms with Crippen molar-refractivity contribution in [3.63, 3.8) is 0 Å². The second-order valence-electron chi connectivity index (χ2n) is 5.82. The van der Waals surface area contributed by atoms with Crippen molar-refractivity contribution in [1.29, 1.82) is 0 Å². The maximum absolute atomic E-state index is 5.04. The first-order chi connectivity index (χ1) is 8.76. The van der Waals surface area contributed by atoms with E-state index in [1.165, 1.54) is 45.3 Å². The van der Waals surface area contributed by atoms with Crippen LogP contribution >= 0.6 is 0 Å². The minimum atomic E-state index is 0.495. The molecule has 0 aromatic carbocycles. The molecule has 3 heterocycles. The van der Waals surface area contributed by atoms with Gasteiger partial charge in [-0.1, -0.05) is 5.16 Å². The average molecular weight is 250 g/mol. The van der Waals surface area contributed by atoms with Gasteiger partial charge in [-0.05, 0) is 44.2 Å². The Bertz CT molecular complexity index is 392. The Balaban J connectivity index is 1.63. The van der Waals surface area contributed by atoms with Crippen molar-refractivity contribution in [2.75, 3.05) is 26.2 Å². The van der Waals surface area contributed by atoms with Crippen molar-refractivity contribution in [2.24, 2.45) is 5.41 Å². The van der Waals surface area contributed by atoms with Crippen molar-refractivity contribution in [2.45, 2.75) is 39.2 Å². The molecule has 5 nitrogen and oxygen atoms in total. The van der Waals surface area contributed by atoms with Crippen LogP contribution < -0.4 is 5.32 Å². The summed E-state index contributed by atoms with van der Waals surface area (Å²) in [5.74, 6) is 1.49. The van der Waals surface area contributed by atoms with Crippen LogP contribution in [0.15, 0.2) is 4.52 Å². The Hall–Kier alpha value is -0.940. The van der Waals surface area contributed by atoms with Gasteiger partial charge in [-0.25, -0.2) is 0 Å². The number of piperidine rings is 2. The highest BCUT2D eigenvalue weighted by atomic mass is 16.5. The molecule has 0 saturated carbocycles. The Kier molecular flexibility index (Phi) is 3.35. The minimum Gasteiger partial charge on any atom is -0.340 e. The normalized spacial score (nSPS) is 29.8. The SMILES string of the molecule is Cc1nc(CN2CCCC3(CCCNC3)C2)no1. The molecule has 2 saturated heterocycles. The quantitative estimate of drug-likeness (QED) is 0.858. The van der Waals surface area contributed by atoms with Crippen LogP contribution in [-0.4, -0.2) is 41.2 Å². The lowest BCUT2D eigenvalue weighted by atomic mass is 9.74. The monoisotopic (exact) mass is 250 g/mol. The first-order valence-electron chi connectivity index (χ1n) is 6.98. The largest absolute Gasteiger partial charge is 0.340 e. The molecule has 0 amide bonds. The van der Waals surface area contributed by atoms with Crippen LogP contribution in [0.1, 0.15) is 37.4 Å². The summed E-state index contributed by atoms with van der Waals surface area (Å²) in [4.78, 5) is 6.79. The van der Waals surface area contributed by atoms with E-state index in [0.29, 0.717) is 11.3 Å². The van der Waals surface area contributed by atoms with Gasteiger partial charge in [-0.15, -0.1) is 0 Å². The molecular formula is C13H22N4O. The van der Waals surface area contributed by atoms with Gasteiger partial charge in [0.1, 0.15) is 0 Å². The lowest BCUT2D eigenvalue weighted by Crippen LogP contribution is -2.50.